The molecule has 1 aliphatic rings. The van der Waals surface area contributed by atoms with Crippen LogP contribution >= 0.6 is 11.6 Å². The Bertz CT molecular complexity index is 341. The van der Waals surface area contributed by atoms with Crippen LogP contribution in [0.15, 0.2) is 24.3 Å². The maximum atomic E-state index is 5.84. The fourth-order valence-electron chi connectivity index (χ4n) is 3.29. The molecule has 1 saturated carbocycles. The molecule has 17 heavy (non-hydrogen) atoms. The monoisotopic (exact) mass is 250 g/mol. The summed E-state index contributed by atoms with van der Waals surface area (Å²) in [5, 5.41) is 0. The lowest BCUT2D eigenvalue weighted by Crippen LogP contribution is -2.04. The Labute approximate surface area is 110 Å². The third-order valence-electron chi connectivity index (χ3n) is 4.46. The van der Waals surface area contributed by atoms with Gasteiger partial charge in [0.25, 0.3) is 0 Å². The van der Waals surface area contributed by atoms with E-state index in [9.17, 15) is 0 Å². The molecular formula is C16H23Cl. The number of alkyl halides is 1. The van der Waals surface area contributed by atoms with Gasteiger partial charge in [0.15, 0.2) is 0 Å². The summed E-state index contributed by atoms with van der Waals surface area (Å²) in [7, 11) is 0. The normalized spacial score (nSPS) is 28.5. The zero-order valence-electron chi connectivity index (χ0n) is 11.0. The molecule has 1 fully saturated rings. The molecule has 1 aromatic rings. The molecule has 2 rings (SSSR count). The Morgan fingerprint density at radius 1 is 1.06 bits per heavy atom. The molecule has 0 heterocycles. The van der Waals surface area contributed by atoms with Crippen molar-refractivity contribution < 1.29 is 0 Å². The number of hydrogen-bond donors (Lipinski definition) is 0. The Hall–Kier alpha value is -0.490. The summed E-state index contributed by atoms with van der Waals surface area (Å²) in [6, 6.07) is 8.97. The third-order valence-corrected chi connectivity index (χ3v) is 4.76. The lowest BCUT2D eigenvalue weighted by molar-refractivity contribution is 0.453. The van der Waals surface area contributed by atoms with Crippen LogP contribution in [-0.4, -0.2) is 0 Å². The largest absolute Gasteiger partial charge is 0.122 e. The highest BCUT2D eigenvalue weighted by atomic mass is 35.5. The maximum Gasteiger partial charge on any atom is 0.0474 e. The van der Waals surface area contributed by atoms with Crippen molar-refractivity contribution in [1.29, 1.82) is 0 Å². The van der Waals surface area contributed by atoms with Gasteiger partial charge < -0.3 is 0 Å². The van der Waals surface area contributed by atoms with Crippen LogP contribution < -0.4 is 0 Å². The Kier molecular flexibility index (Phi) is 4.50. The highest BCUT2D eigenvalue weighted by Crippen LogP contribution is 2.45. The van der Waals surface area contributed by atoms with Gasteiger partial charge in [0.05, 0.1) is 0 Å². The fourth-order valence-corrected chi connectivity index (χ4v) is 3.47. The highest BCUT2D eigenvalue weighted by molar-refractivity contribution is 6.17. The molecule has 0 aromatic heterocycles. The summed E-state index contributed by atoms with van der Waals surface area (Å²) in [5.74, 6) is 3.24. The zero-order valence-corrected chi connectivity index (χ0v) is 11.7. The molecule has 3 atom stereocenters. The molecule has 0 amide bonds. The quantitative estimate of drug-likeness (QED) is 0.632. The number of rotatable bonds is 4. The highest BCUT2D eigenvalue weighted by Gasteiger charge is 2.32. The first-order valence-corrected chi connectivity index (χ1v) is 7.46. The summed E-state index contributed by atoms with van der Waals surface area (Å²) in [4.78, 5) is 0. The van der Waals surface area contributed by atoms with Crippen LogP contribution in [0.3, 0.4) is 0 Å². The second-order valence-electron chi connectivity index (χ2n) is 5.40. The van der Waals surface area contributed by atoms with Crippen LogP contribution in [0.5, 0.6) is 0 Å². The van der Waals surface area contributed by atoms with Gasteiger partial charge in [-0.3, -0.25) is 0 Å². The van der Waals surface area contributed by atoms with E-state index in [1.807, 2.05) is 0 Å². The molecule has 1 aromatic carbocycles. The van der Waals surface area contributed by atoms with Crippen molar-refractivity contribution >= 4 is 11.6 Å². The minimum Gasteiger partial charge on any atom is -0.122 e. The Balaban J connectivity index is 2.14. The molecule has 3 unspecified atom stereocenters. The molecule has 0 spiro atoms. The molecule has 0 bridgehead atoms. The van der Waals surface area contributed by atoms with Crippen molar-refractivity contribution in [2.75, 3.05) is 0 Å². The summed E-state index contributed by atoms with van der Waals surface area (Å²) < 4.78 is 0. The number of hydrogen-bond acceptors (Lipinski definition) is 0. The van der Waals surface area contributed by atoms with Crippen molar-refractivity contribution in [2.45, 2.75) is 51.3 Å². The van der Waals surface area contributed by atoms with E-state index in [2.05, 4.69) is 38.1 Å². The van der Waals surface area contributed by atoms with E-state index in [0.29, 0.717) is 5.88 Å². The summed E-state index contributed by atoms with van der Waals surface area (Å²) in [6.45, 7) is 4.67. The fraction of sp³-hybridized carbons (Fsp3) is 0.625. The number of halogens is 1. The van der Waals surface area contributed by atoms with Gasteiger partial charge in [0, 0.05) is 5.88 Å². The van der Waals surface area contributed by atoms with E-state index in [-0.39, 0.29) is 0 Å². The minimum absolute atomic E-state index is 0.625. The van der Waals surface area contributed by atoms with E-state index in [1.165, 1.54) is 36.8 Å². The van der Waals surface area contributed by atoms with Gasteiger partial charge in [-0.25, -0.2) is 0 Å². The molecule has 0 radical (unpaired) electrons. The second-order valence-corrected chi connectivity index (χ2v) is 5.66. The van der Waals surface area contributed by atoms with Crippen LogP contribution in [0, 0.1) is 11.8 Å². The average molecular weight is 251 g/mol. The molecule has 1 heteroatoms. The van der Waals surface area contributed by atoms with Crippen LogP contribution in [0.4, 0.5) is 0 Å². The predicted octanol–water partition coefficient (Wildman–Crippen LogP) is 5.36. The van der Waals surface area contributed by atoms with Crippen molar-refractivity contribution in [3.05, 3.63) is 35.4 Å². The molecule has 94 valence electrons. The average Bonchev–Trinajstić information content (AvgIpc) is 2.82. The first-order chi connectivity index (χ1) is 8.28. The maximum absolute atomic E-state index is 5.84. The van der Waals surface area contributed by atoms with Crippen molar-refractivity contribution in [2.24, 2.45) is 11.8 Å². The lowest BCUT2D eigenvalue weighted by Gasteiger charge is -2.18. The van der Waals surface area contributed by atoms with Gasteiger partial charge in [-0.2, -0.15) is 0 Å². The molecule has 0 nitrogen and oxygen atoms in total. The summed E-state index contributed by atoms with van der Waals surface area (Å²) >= 11 is 5.84. The standard InChI is InChI=1S/C16H23Cl/c1-3-12-9-14(4-2)16(10-12)15-7-5-13(11-17)6-8-15/h5-8,12,14,16H,3-4,9-11H2,1-2H3. The lowest BCUT2D eigenvalue weighted by atomic mass is 9.87. The van der Waals surface area contributed by atoms with Gasteiger partial charge in [-0.1, -0.05) is 51.0 Å². The second kappa shape index (κ2) is 5.91. The summed E-state index contributed by atoms with van der Waals surface area (Å²) in [6.07, 6.45) is 5.47. The van der Waals surface area contributed by atoms with E-state index in [0.717, 1.165) is 17.8 Å². The van der Waals surface area contributed by atoms with Crippen molar-refractivity contribution in [3.63, 3.8) is 0 Å². The zero-order chi connectivity index (χ0) is 12.3. The SMILES string of the molecule is CCC1CC(CC)C(c2ccc(CCl)cc2)C1. The first kappa shape index (κ1) is 13.0. The molecule has 0 saturated heterocycles. The van der Waals surface area contributed by atoms with Crippen LogP contribution in [0.25, 0.3) is 0 Å². The van der Waals surface area contributed by atoms with Crippen LogP contribution in [-0.2, 0) is 5.88 Å². The summed E-state index contributed by atoms with van der Waals surface area (Å²) in [5.41, 5.74) is 2.76. The molecule has 1 aliphatic carbocycles. The van der Waals surface area contributed by atoms with Crippen LogP contribution in [0.2, 0.25) is 0 Å². The van der Waals surface area contributed by atoms with E-state index in [1.54, 1.807) is 0 Å². The van der Waals surface area contributed by atoms with Crippen molar-refractivity contribution in [3.8, 4) is 0 Å². The Morgan fingerprint density at radius 2 is 1.76 bits per heavy atom. The molecule has 0 N–H and O–H groups in total. The van der Waals surface area contributed by atoms with Gasteiger partial charge >= 0.3 is 0 Å². The van der Waals surface area contributed by atoms with Crippen LogP contribution in [0.1, 0.15) is 56.6 Å². The molecular weight excluding hydrogens is 228 g/mol. The Morgan fingerprint density at radius 3 is 2.29 bits per heavy atom. The smallest absolute Gasteiger partial charge is 0.0474 e. The van der Waals surface area contributed by atoms with E-state index < -0.39 is 0 Å². The first-order valence-electron chi connectivity index (χ1n) is 6.93. The third kappa shape index (κ3) is 2.85. The van der Waals surface area contributed by atoms with E-state index >= 15 is 0 Å². The topological polar surface area (TPSA) is 0 Å². The predicted molar refractivity (Wildman–Crippen MR) is 75.5 cm³/mol. The van der Waals surface area contributed by atoms with Gasteiger partial charge in [0.2, 0.25) is 0 Å². The van der Waals surface area contributed by atoms with Gasteiger partial charge in [0.1, 0.15) is 0 Å². The number of benzene rings is 1. The minimum atomic E-state index is 0.625. The van der Waals surface area contributed by atoms with Crippen molar-refractivity contribution in [1.82, 2.24) is 0 Å². The molecule has 0 aliphatic heterocycles. The van der Waals surface area contributed by atoms with Gasteiger partial charge in [-0.05, 0) is 41.7 Å². The van der Waals surface area contributed by atoms with Gasteiger partial charge in [-0.15, -0.1) is 11.6 Å². The van der Waals surface area contributed by atoms with E-state index in [4.69, 9.17) is 11.6 Å².